The second-order valence-electron chi connectivity index (χ2n) is 6.77. The highest BCUT2D eigenvalue weighted by Gasteiger charge is 2.64. The van der Waals surface area contributed by atoms with Crippen LogP contribution in [0.25, 0.3) is 0 Å². The third-order valence-corrected chi connectivity index (χ3v) is 6.10. The van der Waals surface area contributed by atoms with Gasteiger partial charge >= 0.3 is 0 Å². The molecule has 0 atom stereocenters. The Morgan fingerprint density at radius 3 is 2.00 bits per heavy atom. The molecule has 0 radical (unpaired) electrons. The van der Waals surface area contributed by atoms with Crippen LogP contribution in [0.15, 0.2) is 0 Å². The molecule has 0 heterocycles. The molecule has 1 rings (SSSR count). The first-order chi connectivity index (χ1) is 8.01. The van der Waals surface area contributed by atoms with E-state index >= 15 is 0 Å². The molecule has 0 aliphatic heterocycles. The Labute approximate surface area is 112 Å². The molecular weight excluding hydrogens is 248 g/mol. The first-order valence-corrected chi connectivity index (χ1v) is 8.36. The van der Waals surface area contributed by atoms with Crippen molar-refractivity contribution in [1.29, 1.82) is 0 Å². The lowest BCUT2D eigenvalue weighted by Crippen LogP contribution is -2.35. The van der Waals surface area contributed by atoms with Gasteiger partial charge in [-0.15, -0.1) is 0 Å². The van der Waals surface area contributed by atoms with E-state index in [0.29, 0.717) is 25.0 Å². The van der Waals surface area contributed by atoms with Crippen LogP contribution in [-0.2, 0) is 10.0 Å². The molecular formula is C13H28N2O2S. The summed E-state index contributed by atoms with van der Waals surface area (Å²) in [5.74, 6) is 0.580. The summed E-state index contributed by atoms with van der Waals surface area (Å²) in [4.78, 5) is 0. The Morgan fingerprint density at radius 2 is 1.61 bits per heavy atom. The van der Waals surface area contributed by atoms with Crippen molar-refractivity contribution in [3.05, 3.63) is 0 Å². The van der Waals surface area contributed by atoms with E-state index in [1.807, 2.05) is 13.8 Å². The molecule has 4 nitrogen and oxygen atoms in total. The van der Waals surface area contributed by atoms with E-state index in [0.717, 1.165) is 0 Å². The summed E-state index contributed by atoms with van der Waals surface area (Å²) >= 11 is 0. The van der Waals surface area contributed by atoms with Gasteiger partial charge < -0.3 is 5.32 Å². The number of nitrogens with one attached hydrogen (secondary N) is 2. The SMILES string of the molecule is CC(C)NCCS(=O)(=O)NCC1C(C)(C)C1(C)C. The van der Waals surface area contributed by atoms with Gasteiger partial charge in [-0.2, -0.15) is 0 Å². The minimum absolute atomic E-state index is 0.152. The van der Waals surface area contributed by atoms with Gasteiger partial charge in [0, 0.05) is 19.1 Å². The molecule has 0 aromatic carbocycles. The lowest BCUT2D eigenvalue weighted by molar-refractivity contribution is 0.457. The van der Waals surface area contributed by atoms with Crippen LogP contribution in [0.1, 0.15) is 41.5 Å². The van der Waals surface area contributed by atoms with Crippen molar-refractivity contribution in [3.63, 3.8) is 0 Å². The van der Waals surface area contributed by atoms with Gasteiger partial charge in [0.2, 0.25) is 10.0 Å². The minimum Gasteiger partial charge on any atom is -0.313 e. The fraction of sp³-hybridized carbons (Fsp3) is 1.00. The molecule has 0 bridgehead atoms. The Hall–Kier alpha value is -0.130. The van der Waals surface area contributed by atoms with Crippen molar-refractivity contribution in [2.75, 3.05) is 18.8 Å². The maximum atomic E-state index is 11.8. The zero-order valence-electron chi connectivity index (χ0n) is 12.5. The highest BCUT2D eigenvalue weighted by atomic mass is 32.2. The predicted octanol–water partition coefficient (Wildman–Crippen LogP) is 1.59. The quantitative estimate of drug-likeness (QED) is 0.742. The van der Waals surface area contributed by atoms with Gasteiger partial charge in [0.25, 0.3) is 0 Å². The van der Waals surface area contributed by atoms with E-state index in [-0.39, 0.29) is 16.6 Å². The second kappa shape index (κ2) is 5.10. The Bertz CT molecular complexity index is 372. The largest absolute Gasteiger partial charge is 0.313 e. The molecule has 5 heteroatoms. The molecule has 1 aliphatic rings. The van der Waals surface area contributed by atoms with Crippen LogP contribution in [0.5, 0.6) is 0 Å². The fourth-order valence-corrected chi connectivity index (χ4v) is 3.56. The molecule has 0 spiro atoms. The number of rotatable bonds is 7. The minimum atomic E-state index is -3.15. The lowest BCUT2D eigenvalue weighted by atomic mass is 10.0. The van der Waals surface area contributed by atoms with Crippen LogP contribution < -0.4 is 10.0 Å². The molecule has 0 unspecified atom stereocenters. The van der Waals surface area contributed by atoms with Crippen molar-refractivity contribution in [3.8, 4) is 0 Å². The summed E-state index contributed by atoms with van der Waals surface area (Å²) in [5.41, 5.74) is 0.456. The number of hydrogen-bond donors (Lipinski definition) is 2. The Balaban J connectivity index is 2.36. The van der Waals surface area contributed by atoms with E-state index in [1.165, 1.54) is 0 Å². The van der Waals surface area contributed by atoms with Crippen molar-refractivity contribution >= 4 is 10.0 Å². The average molecular weight is 276 g/mol. The molecule has 0 aromatic heterocycles. The number of hydrogen-bond acceptors (Lipinski definition) is 3. The summed E-state index contributed by atoms with van der Waals surface area (Å²) in [7, 11) is -3.15. The topological polar surface area (TPSA) is 58.2 Å². The Morgan fingerprint density at radius 1 is 1.11 bits per heavy atom. The summed E-state index contributed by atoms with van der Waals surface area (Å²) in [6.45, 7) is 13.9. The maximum Gasteiger partial charge on any atom is 0.212 e. The van der Waals surface area contributed by atoms with Crippen LogP contribution in [0.2, 0.25) is 0 Å². The third-order valence-electron chi connectivity index (χ3n) is 4.75. The second-order valence-corrected chi connectivity index (χ2v) is 8.70. The summed E-state index contributed by atoms with van der Waals surface area (Å²) in [6.07, 6.45) is 0. The zero-order chi connectivity index (χ0) is 14.2. The van der Waals surface area contributed by atoms with Gasteiger partial charge in [0.15, 0.2) is 0 Å². The van der Waals surface area contributed by atoms with E-state index in [9.17, 15) is 8.42 Å². The first-order valence-electron chi connectivity index (χ1n) is 6.71. The van der Waals surface area contributed by atoms with Crippen LogP contribution in [0, 0.1) is 16.7 Å². The number of sulfonamides is 1. The standard InChI is InChI=1S/C13H28N2O2S/c1-10(2)14-7-8-18(16,17)15-9-11-12(3,4)13(11,5)6/h10-11,14-15H,7-9H2,1-6H3. The maximum absolute atomic E-state index is 11.8. The summed E-state index contributed by atoms with van der Waals surface area (Å²) in [6, 6.07) is 0.321. The smallest absolute Gasteiger partial charge is 0.212 e. The molecule has 2 N–H and O–H groups in total. The van der Waals surface area contributed by atoms with Gasteiger partial charge in [-0.25, -0.2) is 13.1 Å². The first kappa shape index (κ1) is 15.9. The van der Waals surface area contributed by atoms with Crippen LogP contribution >= 0.6 is 0 Å². The summed E-state index contributed by atoms with van der Waals surface area (Å²) in [5, 5.41) is 3.12. The van der Waals surface area contributed by atoms with Gasteiger partial charge in [-0.3, -0.25) is 0 Å². The fourth-order valence-electron chi connectivity index (χ4n) is 2.61. The van der Waals surface area contributed by atoms with Gasteiger partial charge in [0.05, 0.1) is 5.75 Å². The third kappa shape index (κ3) is 3.45. The van der Waals surface area contributed by atoms with Gasteiger partial charge in [0.1, 0.15) is 0 Å². The molecule has 18 heavy (non-hydrogen) atoms. The van der Waals surface area contributed by atoms with Gasteiger partial charge in [-0.1, -0.05) is 41.5 Å². The van der Waals surface area contributed by atoms with E-state index in [2.05, 4.69) is 37.7 Å². The van der Waals surface area contributed by atoms with Crippen LogP contribution in [0.3, 0.4) is 0 Å². The molecule has 1 saturated carbocycles. The van der Waals surface area contributed by atoms with Crippen LogP contribution in [0.4, 0.5) is 0 Å². The van der Waals surface area contributed by atoms with Crippen LogP contribution in [-0.4, -0.2) is 33.3 Å². The zero-order valence-corrected chi connectivity index (χ0v) is 13.3. The molecule has 0 amide bonds. The molecule has 0 saturated heterocycles. The van der Waals surface area contributed by atoms with Crippen molar-refractivity contribution in [1.82, 2.24) is 10.0 Å². The average Bonchev–Trinajstić information content (AvgIpc) is 2.53. The van der Waals surface area contributed by atoms with Crippen molar-refractivity contribution in [2.24, 2.45) is 16.7 Å². The normalized spacial score (nSPS) is 22.4. The molecule has 108 valence electrons. The highest BCUT2D eigenvalue weighted by molar-refractivity contribution is 7.89. The van der Waals surface area contributed by atoms with E-state index in [4.69, 9.17) is 0 Å². The van der Waals surface area contributed by atoms with Gasteiger partial charge in [-0.05, 0) is 16.7 Å². The summed E-state index contributed by atoms with van der Waals surface area (Å²) < 4.78 is 26.4. The van der Waals surface area contributed by atoms with Crippen molar-refractivity contribution < 1.29 is 8.42 Å². The molecule has 0 aromatic rings. The van der Waals surface area contributed by atoms with E-state index < -0.39 is 10.0 Å². The lowest BCUT2D eigenvalue weighted by Gasteiger charge is -2.10. The molecule has 1 aliphatic carbocycles. The highest BCUT2D eigenvalue weighted by Crippen LogP contribution is 2.67. The predicted molar refractivity (Wildman–Crippen MR) is 76.0 cm³/mol. The Kier molecular flexibility index (Phi) is 4.51. The van der Waals surface area contributed by atoms with E-state index in [1.54, 1.807) is 0 Å². The monoisotopic (exact) mass is 276 g/mol. The van der Waals surface area contributed by atoms with Crippen molar-refractivity contribution in [2.45, 2.75) is 47.6 Å². The molecule has 1 fully saturated rings.